The third kappa shape index (κ3) is 2.36. The number of epoxide rings is 1. The van der Waals surface area contributed by atoms with Crippen molar-refractivity contribution in [2.45, 2.75) is 13.0 Å². The highest BCUT2D eigenvalue weighted by Gasteiger charge is 2.22. The van der Waals surface area contributed by atoms with E-state index >= 15 is 0 Å². The van der Waals surface area contributed by atoms with Crippen LogP contribution in [0.4, 0.5) is 0 Å². The van der Waals surface area contributed by atoms with Crippen LogP contribution < -0.4 is 4.74 Å². The van der Waals surface area contributed by atoms with E-state index in [0.29, 0.717) is 12.7 Å². The van der Waals surface area contributed by atoms with Crippen molar-refractivity contribution in [1.82, 2.24) is 0 Å². The Morgan fingerprint density at radius 2 is 2.43 bits per heavy atom. The minimum atomic E-state index is 0.309. The van der Waals surface area contributed by atoms with E-state index in [9.17, 15) is 0 Å². The van der Waals surface area contributed by atoms with Gasteiger partial charge in [-0.25, -0.2) is 0 Å². The van der Waals surface area contributed by atoms with Gasteiger partial charge >= 0.3 is 0 Å². The molecule has 14 heavy (non-hydrogen) atoms. The Hall–Kier alpha value is -1.28. The molecule has 0 aromatic heterocycles. The van der Waals surface area contributed by atoms with Gasteiger partial charge in [-0.15, -0.1) is 0 Å². The van der Waals surface area contributed by atoms with Crippen molar-refractivity contribution in [3.8, 4) is 5.75 Å². The number of allylic oxidation sites excluding steroid dienone is 1. The molecule has 1 unspecified atom stereocenters. The molecule has 2 nitrogen and oxygen atoms in total. The summed E-state index contributed by atoms with van der Waals surface area (Å²) in [7, 11) is 0. The summed E-state index contributed by atoms with van der Waals surface area (Å²) in [6.45, 7) is 7.37. The van der Waals surface area contributed by atoms with Crippen molar-refractivity contribution < 1.29 is 9.47 Å². The fraction of sp³-hybridized carbons (Fsp3) is 0.333. The van der Waals surface area contributed by atoms with Gasteiger partial charge in [0.1, 0.15) is 18.5 Å². The molecular weight excluding hydrogens is 176 g/mol. The van der Waals surface area contributed by atoms with E-state index in [1.807, 2.05) is 31.2 Å². The van der Waals surface area contributed by atoms with Gasteiger partial charge in [0.05, 0.1) is 6.61 Å². The number of benzene rings is 1. The summed E-state index contributed by atoms with van der Waals surface area (Å²) < 4.78 is 10.6. The van der Waals surface area contributed by atoms with Gasteiger partial charge in [0.15, 0.2) is 0 Å². The lowest BCUT2D eigenvalue weighted by Crippen LogP contribution is -2.03. The number of hydrogen-bond acceptors (Lipinski definition) is 2. The van der Waals surface area contributed by atoms with Crippen LogP contribution >= 0.6 is 0 Å². The van der Waals surface area contributed by atoms with Crippen molar-refractivity contribution in [3.63, 3.8) is 0 Å². The number of hydrogen-bond donors (Lipinski definition) is 0. The fourth-order valence-corrected chi connectivity index (χ4v) is 1.20. The summed E-state index contributed by atoms with van der Waals surface area (Å²) in [6, 6.07) is 7.97. The average Bonchev–Trinajstić information content (AvgIpc) is 2.99. The topological polar surface area (TPSA) is 21.8 Å². The molecule has 0 spiro atoms. The van der Waals surface area contributed by atoms with Gasteiger partial charge in [0.25, 0.3) is 0 Å². The van der Waals surface area contributed by atoms with Gasteiger partial charge in [-0.3, -0.25) is 0 Å². The smallest absolute Gasteiger partial charge is 0.120 e. The molecule has 1 aliphatic rings. The molecule has 0 N–H and O–H groups in total. The molecule has 1 aliphatic heterocycles. The lowest BCUT2D eigenvalue weighted by Gasteiger charge is -2.06. The van der Waals surface area contributed by atoms with Crippen LogP contribution in [-0.4, -0.2) is 19.3 Å². The third-order valence-corrected chi connectivity index (χ3v) is 2.17. The highest BCUT2D eigenvalue weighted by molar-refractivity contribution is 5.62. The second-order valence-electron chi connectivity index (χ2n) is 3.57. The quantitative estimate of drug-likeness (QED) is 0.680. The van der Waals surface area contributed by atoms with Crippen molar-refractivity contribution in [1.29, 1.82) is 0 Å². The highest BCUT2D eigenvalue weighted by atomic mass is 16.6. The molecular formula is C12H14O2. The molecule has 0 radical (unpaired) electrons. The van der Waals surface area contributed by atoms with Gasteiger partial charge in [0.2, 0.25) is 0 Å². The maximum absolute atomic E-state index is 5.55. The molecule has 2 rings (SSSR count). The number of ether oxygens (including phenoxy) is 2. The van der Waals surface area contributed by atoms with Crippen molar-refractivity contribution >= 4 is 5.57 Å². The lowest BCUT2D eigenvalue weighted by molar-refractivity contribution is 0.263. The molecule has 2 heteroatoms. The van der Waals surface area contributed by atoms with Crippen LogP contribution in [0, 0.1) is 0 Å². The maximum atomic E-state index is 5.55. The SMILES string of the molecule is C=C(C)c1cccc(OCC2CO2)c1. The van der Waals surface area contributed by atoms with E-state index in [1.54, 1.807) is 0 Å². The van der Waals surface area contributed by atoms with Crippen LogP contribution in [0.25, 0.3) is 5.57 Å². The maximum Gasteiger partial charge on any atom is 0.120 e. The number of rotatable bonds is 4. The minimum Gasteiger partial charge on any atom is -0.491 e. The first-order chi connectivity index (χ1) is 6.75. The molecule has 0 saturated carbocycles. The molecule has 1 aromatic carbocycles. The van der Waals surface area contributed by atoms with Crippen LogP contribution in [0.1, 0.15) is 12.5 Å². The van der Waals surface area contributed by atoms with E-state index in [4.69, 9.17) is 9.47 Å². The van der Waals surface area contributed by atoms with E-state index < -0.39 is 0 Å². The Labute approximate surface area is 84.2 Å². The van der Waals surface area contributed by atoms with Crippen LogP contribution in [0.5, 0.6) is 5.75 Å². The van der Waals surface area contributed by atoms with Crippen LogP contribution in [-0.2, 0) is 4.74 Å². The van der Waals surface area contributed by atoms with Crippen molar-refractivity contribution in [2.24, 2.45) is 0 Å². The second kappa shape index (κ2) is 3.84. The average molecular weight is 190 g/mol. The molecule has 0 aliphatic carbocycles. The Morgan fingerprint density at radius 3 is 3.07 bits per heavy atom. The van der Waals surface area contributed by atoms with Crippen LogP contribution in [0.15, 0.2) is 30.8 Å². The van der Waals surface area contributed by atoms with E-state index in [1.165, 1.54) is 0 Å². The Morgan fingerprint density at radius 1 is 1.64 bits per heavy atom. The van der Waals surface area contributed by atoms with E-state index in [2.05, 4.69) is 6.58 Å². The monoisotopic (exact) mass is 190 g/mol. The zero-order valence-electron chi connectivity index (χ0n) is 8.32. The Kier molecular flexibility index (Phi) is 2.55. The largest absolute Gasteiger partial charge is 0.491 e. The molecule has 0 amide bonds. The highest BCUT2D eigenvalue weighted by Crippen LogP contribution is 2.20. The summed E-state index contributed by atoms with van der Waals surface area (Å²) in [5.41, 5.74) is 2.18. The Bertz CT molecular complexity index is 340. The summed E-state index contributed by atoms with van der Waals surface area (Å²) in [5.74, 6) is 0.890. The zero-order chi connectivity index (χ0) is 9.97. The first-order valence-corrected chi connectivity index (χ1v) is 4.76. The molecule has 1 heterocycles. The molecule has 1 aromatic rings. The predicted molar refractivity (Wildman–Crippen MR) is 56.4 cm³/mol. The summed E-state index contributed by atoms with van der Waals surface area (Å²) >= 11 is 0. The van der Waals surface area contributed by atoms with Gasteiger partial charge in [-0.2, -0.15) is 0 Å². The molecule has 0 bridgehead atoms. The molecule has 1 saturated heterocycles. The van der Waals surface area contributed by atoms with Gasteiger partial charge in [0, 0.05) is 0 Å². The standard InChI is InChI=1S/C12H14O2/c1-9(2)10-4-3-5-11(6-10)13-7-12-8-14-12/h3-6,12H,1,7-8H2,2H3. The van der Waals surface area contributed by atoms with E-state index in [0.717, 1.165) is 23.5 Å². The normalized spacial score (nSPS) is 19.1. The summed E-state index contributed by atoms with van der Waals surface area (Å²) in [4.78, 5) is 0. The second-order valence-corrected chi connectivity index (χ2v) is 3.57. The van der Waals surface area contributed by atoms with Crippen molar-refractivity contribution in [3.05, 3.63) is 36.4 Å². The van der Waals surface area contributed by atoms with Crippen LogP contribution in [0.3, 0.4) is 0 Å². The zero-order valence-corrected chi connectivity index (χ0v) is 8.32. The summed E-state index contributed by atoms with van der Waals surface area (Å²) in [5, 5.41) is 0. The minimum absolute atomic E-state index is 0.309. The first-order valence-electron chi connectivity index (χ1n) is 4.76. The van der Waals surface area contributed by atoms with Gasteiger partial charge in [-0.05, 0) is 24.6 Å². The van der Waals surface area contributed by atoms with Crippen molar-refractivity contribution in [2.75, 3.05) is 13.2 Å². The first kappa shape index (κ1) is 9.28. The van der Waals surface area contributed by atoms with Gasteiger partial charge in [-0.1, -0.05) is 24.3 Å². The van der Waals surface area contributed by atoms with E-state index in [-0.39, 0.29) is 0 Å². The van der Waals surface area contributed by atoms with Gasteiger partial charge < -0.3 is 9.47 Å². The summed E-state index contributed by atoms with van der Waals surface area (Å²) in [6.07, 6.45) is 0.309. The van der Waals surface area contributed by atoms with Crippen LogP contribution in [0.2, 0.25) is 0 Å². The predicted octanol–water partition coefficient (Wildman–Crippen LogP) is 2.50. The molecule has 74 valence electrons. The lowest BCUT2D eigenvalue weighted by atomic mass is 10.1. The molecule has 1 atom stereocenters. The Balaban J connectivity index is 2.01. The molecule has 1 fully saturated rings. The fourth-order valence-electron chi connectivity index (χ4n) is 1.20. The third-order valence-electron chi connectivity index (χ3n) is 2.17.